The molecule has 0 saturated carbocycles. The summed E-state index contributed by atoms with van der Waals surface area (Å²) in [6, 6.07) is 2.05. The van der Waals surface area contributed by atoms with Crippen LogP contribution in [0.25, 0.3) is 0 Å². The number of hydrogen-bond donors (Lipinski definition) is 0. The van der Waals surface area contributed by atoms with Crippen LogP contribution in [-0.2, 0) is 12.8 Å². The van der Waals surface area contributed by atoms with Gasteiger partial charge in [0.1, 0.15) is 0 Å². The average molecular weight is 218 g/mol. The van der Waals surface area contributed by atoms with Crippen molar-refractivity contribution in [1.29, 1.82) is 0 Å². The number of benzene rings is 1. The zero-order chi connectivity index (χ0) is 12.3. The molecule has 0 aliphatic heterocycles. The molecule has 0 aromatic heterocycles. The van der Waals surface area contributed by atoms with E-state index in [1.54, 1.807) is 6.92 Å². The second kappa shape index (κ2) is 5.29. The third-order valence-corrected chi connectivity index (χ3v) is 3.33. The van der Waals surface area contributed by atoms with Crippen LogP contribution in [0.5, 0.6) is 0 Å². The molecule has 1 nitrogen and oxygen atoms in total. The maximum atomic E-state index is 11.6. The van der Waals surface area contributed by atoms with Crippen LogP contribution in [0.4, 0.5) is 0 Å². The first-order valence-corrected chi connectivity index (χ1v) is 6.15. The fourth-order valence-electron chi connectivity index (χ4n) is 2.35. The minimum Gasteiger partial charge on any atom is -0.295 e. The van der Waals surface area contributed by atoms with Gasteiger partial charge in [-0.1, -0.05) is 20.3 Å². The van der Waals surface area contributed by atoms with Gasteiger partial charge in [-0.3, -0.25) is 4.79 Å². The second-order valence-corrected chi connectivity index (χ2v) is 4.48. The Morgan fingerprint density at radius 3 is 2.25 bits per heavy atom. The van der Waals surface area contributed by atoms with Gasteiger partial charge in [-0.25, -0.2) is 0 Å². The maximum Gasteiger partial charge on any atom is 0.160 e. The van der Waals surface area contributed by atoms with Crippen LogP contribution in [0.2, 0.25) is 0 Å². The Morgan fingerprint density at radius 1 is 1.19 bits per heavy atom. The summed E-state index contributed by atoms with van der Waals surface area (Å²) in [5.41, 5.74) is 6.19. The Labute approximate surface area is 98.9 Å². The minimum absolute atomic E-state index is 0.192. The molecule has 1 rings (SSSR count). The summed E-state index contributed by atoms with van der Waals surface area (Å²) in [6.45, 7) is 10.3. The second-order valence-electron chi connectivity index (χ2n) is 4.48. The SMILES string of the molecule is CCCc1c(C)c(C)cc(C(C)=O)c1CC. The van der Waals surface area contributed by atoms with E-state index in [9.17, 15) is 4.79 Å². The largest absolute Gasteiger partial charge is 0.295 e. The molecule has 0 amide bonds. The number of aryl methyl sites for hydroxylation is 1. The van der Waals surface area contributed by atoms with E-state index in [4.69, 9.17) is 0 Å². The highest BCUT2D eigenvalue weighted by Crippen LogP contribution is 2.25. The van der Waals surface area contributed by atoms with Crippen LogP contribution >= 0.6 is 0 Å². The highest BCUT2D eigenvalue weighted by Gasteiger charge is 2.14. The molecule has 0 heterocycles. The molecule has 1 heteroatoms. The normalized spacial score (nSPS) is 10.6. The Balaban J connectivity index is 3.48. The van der Waals surface area contributed by atoms with Crippen LogP contribution < -0.4 is 0 Å². The summed E-state index contributed by atoms with van der Waals surface area (Å²) in [7, 11) is 0. The summed E-state index contributed by atoms with van der Waals surface area (Å²) in [6.07, 6.45) is 3.16. The fraction of sp³-hybridized carbons (Fsp3) is 0.533. The summed E-state index contributed by atoms with van der Waals surface area (Å²) in [5.74, 6) is 0.192. The Kier molecular flexibility index (Phi) is 4.28. The van der Waals surface area contributed by atoms with Crippen molar-refractivity contribution in [3.63, 3.8) is 0 Å². The van der Waals surface area contributed by atoms with Crippen LogP contribution in [0.15, 0.2) is 6.07 Å². The first-order valence-electron chi connectivity index (χ1n) is 6.15. The fourth-order valence-corrected chi connectivity index (χ4v) is 2.35. The van der Waals surface area contributed by atoms with Crippen molar-refractivity contribution in [3.05, 3.63) is 33.9 Å². The van der Waals surface area contributed by atoms with E-state index in [1.165, 1.54) is 22.3 Å². The van der Waals surface area contributed by atoms with Gasteiger partial charge in [0.25, 0.3) is 0 Å². The van der Waals surface area contributed by atoms with Crippen molar-refractivity contribution in [1.82, 2.24) is 0 Å². The van der Waals surface area contributed by atoms with E-state index in [0.29, 0.717) is 0 Å². The predicted molar refractivity (Wildman–Crippen MR) is 69.3 cm³/mol. The minimum atomic E-state index is 0.192. The van der Waals surface area contributed by atoms with Crippen molar-refractivity contribution < 1.29 is 4.79 Å². The monoisotopic (exact) mass is 218 g/mol. The Bertz CT molecular complexity index is 402. The molecule has 0 fully saturated rings. The standard InChI is InChI=1S/C15H22O/c1-6-8-14-11(4)10(3)9-15(12(5)16)13(14)7-2/h9H,6-8H2,1-5H3. The summed E-state index contributed by atoms with van der Waals surface area (Å²) in [4.78, 5) is 11.6. The van der Waals surface area contributed by atoms with E-state index >= 15 is 0 Å². The van der Waals surface area contributed by atoms with Crippen LogP contribution in [-0.4, -0.2) is 5.78 Å². The molecule has 0 spiro atoms. The molecule has 0 unspecified atom stereocenters. The van der Waals surface area contributed by atoms with Gasteiger partial charge in [0, 0.05) is 5.56 Å². The molecule has 16 heavy (non-hydrogen) atoms. The molecule has 0 saturated heterocycles. The van der Waals surface area contributed by atoms with Gasteiger partial charge >= 0.3 is 0 Å². The van der Waals surface area contributed by atoms with Gasteiger partial charge in [-0.15, -0.1) is 0 Å². The first-order chi connectivity index (χ1) is 7.52. The molecule has 0 aliphatic carbocycles. The average Bonchev–Trinajstić information content (AvgIpc) is 2.24. The molecule has 0 N–H and O–H groups in total. The number of Topliss-reactive ketones (excluding diaryl/α,β-unsaturated/α-hetero) is 1. The number of carbonyl (C=O) groups is 1. The molecule has 0 radical (unpaired) electrons. The summed E-state index contributed by atoms with van der Waals surface area (Å²) >= 11 is 0. The lowest BCUT2D eigenvalue weighted by molar-refractivity contribution is 0.101. The molecule has 0 aliphatic rings. The van der Waals surface area contributed by atoms with Gasteiger partial charge < -0.3 is 0 Å². The number of rotatable bonds is 4. The summed E-state index contributed by atoms with van der Waals surface area (Å²) in [5, 5.41) is 0. The third kappa shape index (κ3) is 2.34. The lowest BCUT2D eigenvalue weighted by Crippen LogP contribution is -2.07. The number of hydrogen-bond acceptors (Lipinski definition) is 1. The van der Waals surface area contributed by atoms with E-state index in [2.05, 4.69) is 33.8 Å². The Morgan fingerprint density at radius 2 is 1.81 bits per heavy atom. The lowest BCUT2D eigenvalue weighted by Gasteiger charge is -2.17. The predicted octanol–water partition coefficient (Wildman–Crippen LogP) is 4.02. The van der Waals surface area contributed by atoms with Crippen molar-refractivity contribution in [2.45, 2.75) is 53.9 Å². The molecule has 1 aromatic rings. The van der Waals surface area contributed by atoms with Crippen LogP contribution in [0.3, 0.4) is 0 Å². The molecule has 0 atom stereocenters. The number of ketones is 1. The topological polar surface area (TPSA) is 17.1 Å². The van der Waals surface area contributed by atoms with Crippen LogP contribution in [0, 0.1) is 13.8 Å². The lowest BCUT2D eigenvalue weighted by atomic mass is 9.88. The number of carbonyl (C=O) groups excluding carboxylic acids is 1. The van der Waals surface area contributed by atoms with E-state index in [-0.39, 0.29) is 5.78 Å². The smallest absolute Gasteiger partial charge is 0.160 e. The van der Waals surface area contributed by atoms with Crippen molar-refractivity contribution in [2.75, 3.05) is 0 Å². The molecule has 88 valence electrons. The van der Waals surface area contributed by atoms with Crippen molar-refractivity contribution >= 4 is 5.78 Å². The molecular formula is C15H22O. The van der Waals surface area contributed by atoms with Gasteiger partial charge in [0.15, 0.2) is 5.78 Å². The Hall–Kier alpha value is -1.11. The molecule has 0 bridgehead atoms. The van der Waals surface area contributed by atoms with Gasteiger partial charge in [-0.05, 0) is 61.9 Å². The summed E-state index contributed by atoms with van der Waals surface area (Å²) < 4.78 is 0. The zero-order valence-corrected chi connectivity index (χ0v) is 11.1. The first kappa shape index (κ1) is 13.0. The van der Waals surface area contributed by atoms with Crippen LogP contribution in [0.1, 0.15) is 59.8 Å². The maximum absolute atomic E-state index is 11.6. The van der Waals surface area contributed by atoms with Gasteiger partial charge in [-0.2, -0.15) is 0 Å². The zero-order valence-electron chi connectivity index (χ0n) is 11.1. The highest BCUT2D eigenvalue weighted by molar-refractivity contribution is 5.96. The molecule has 1 aromatic carbocycles. The molecular weight excluding hydrogens is 196 g/mol. The van der Waals surface area contributed by atoms with Gasteiger partial charge in [0.05, 0.1) is 0 Å². The van der Waals surface area contributed by atoms with Crippen molar-refractivity contribution in [3.8, 4) is 0 Å². The third-order valence-electron chi connectivity index (χ3n) is 3.33. The quantitative estimate of drug-likeness (QED) is 0.698. The van der Waals surface area contributed by atoms with E-state index < -0.39 is 0 Å². The van der Waals surface area contributed by atoms with Gasteiger partial charge in [0.2, 0.25) is 0 Å². The highest BCUT2D eigenvalue weighted by atomic mass is 16.1. The van der Waals surface area contributed by atoms with E-state index in [0.717, 1.165) is 24.8 Å². The van der Waals surface area contributed by atoms with E-state index in [1.807, 2.05) is 0 Å². The van der Waals surface area contributed by atoms with Crippen molar-refractivity contribution in [2.24, 2.45) is 0 Å².